The number of anilines is 1. The van der Waals surface area contributed by atoms with Gasteiger partial charge in [0.15, 0.2) is 0 Å². The highest BCUT2D eigenvalue weighted by molar-refractivity contribution is 5.59. The van der Waals surface area contributed by atoms with Crippen molar-refractivity contribution >= 4 is 5.82 Å². The third kappa shape index (κ3) is 4.82. The Labute approximate surface area is 217 Å². The highest BCUT2D eigenvalue weighted by atomic mass is 15.3. The highest BCUT2D eigenvalue weighted by Gasteiger charge is 2.45. The van der Waals surface area contributed by atoms with Gasteiger partial charge in [0.05, 0.1) is 11.9 Å². The number of rotatable bonds is 7. The molecular formula is C30H46N6. The van der Waals surface area contributed by atoms with Gasteiger partial charge in [-0.15, -0.1) is 10.2 Å². The zero-order valence-corrected chi connectivity index (χ0v) is 22.9. The van der Waals surface area contributed by atoms with E-state index in [0.717, 1.165) is 76.7 Å². The fraction of sp³-hybridized carbons (Fsp3) is 0.767. The molecule has 3 saturated carbocycles. The smallest absolute Gasteiger partial charge is 0.148 e. The summed E-state index contributed by atoms with van der Waals surface area (Å²) in [6.45, 7) is 12.3. The van der Waals surface area contributed by atoms with Crippen LogP contribution in [-0.2, 0) is 7.05 Å². The van der Waals surface area contributed by atoms with Crippen LogP contribution < -0.4 is 5.32 Å². The molecular weight excluding hydrogens is 444 g/mol. The zero-order valence-electron chi connectivity index (χ0n) is 22.9. The first-order chi connectivity index (χ1) is 17.4. The Hall–Kier alpha value is -1.95. The van der Waals surface area contributed by atoms with Crippen LogP contribution in [0.5, 0.6) is 0 Å². The molecule has 0 aromatic carbocycles. The van der Waals surface area contributed by atoms with Crippen LogP contribution in [0, 0.1) is 54.3 Å². The van der Waals surface area contributed by atoms with E-state index in [4.69, 9.17) is 0 Å². The van der Waals surface area contributed by atoms with E-state index in [9.17, 15) is 0 Å². The van der Waals surface area contributed by atoms with Crippen LogP contribution in [0.15, 0.2) is 18.3 Å². The molecule has 3 aliphatic carbocycles. The first-order valence-corrected chi connectivity index (χ1v) is 14.7. The SMILES string of the molecule is Cc1cnn(C)c1-c1ccc(NCCC2CC3CN(CC4CCC5CC(C)C[C@@H]4C5C)CC3C2)nn1. The Morgan fingerprint density at radius 3 is 2.47 bits per heavy atom. The maximum Gasteiger partial charge on any atom is 0.148 e. The Balaban J connectivity index is 0.942. The summed E-state index contributed by atoms with van der Waals surface area (Å²) in [5.41, 5.74) is 3.05. The second-order valence-electron chi connectivity index (χ2n) is 13.1. The van der Waals surface area contributed by atoms with E-state index in [0.29, 0.717) is 0 Å². The first-order valence-electron chi connectivity index (χ1n) is 14.7. The minimum absolute atomic E-state index is 0.869. The Bertz CT molecular complexity index is 997. The van der Waals surface area contributed by atoms with E-state index in [-0.39, 0.29) is 0 Å². The van der Waals surface area contributed by atoms with Crippen LogP contribution in [0.4, 0.5) is 5.82 Å². The van der Waals surface area contributed by atoms with Gasteiger partial charge < -0.3 is 10.2 Å². The van der Waals surface area contributed by atoms with Crippen LogP contribution in [0.3, 0.4) is 0 Å². The van der Waals surface area contributed by atoms with Crippen molar-refractivity contribution in [2.24, 2.45) is 54.4 Å². The molecule has 3 heterocycles. The molecule has 0 radical (unpaired) electrons. The van der Waals surface area contributed by atoms with E-state index < -0.39 is 0 Å². The lowest BCUT2D eigenvalue weighted by Gasteiger charge is -2.48. The molecule has 1 N–H and O–H groups in total. The Kier molecular flexibility index (Phi) is 6.83. The monoisotopic (exact) mass is 490 g/mol. The second kappa shape index (κ2) is 10.1. The quantitative estimate of drug-likeness (QED) is 0.543. The molecule has 1 aliphatic heterocycles. The fourth-order valence-electron chi connectivity index (χ4n) is 8.84. The minimum atomic E-state index is 0.869. The van der Waals surface area contributed by atoms with Crippen molar-refractivity contribution in [1.82, 2.24) is 24.9 Å². The molecule has 6 nitrogen and oxygen atoms in total. The summed E-state index contributed by atoms with van der Waals surface area (Å²) in [4.78, 5) is 2.88. The molecule has 4 fully saturated rings. The average Bonchev–Trinajstić information content (AvgIpc) is 3.50. The van der Waals surface area contributed by atoms with Crippen LogP contribution in [0.25, 0.3) is 11.4 Å². The molecule has 7 atom stereocenters. The summed E-state index contributed by atoms with van der Waals surface area (Å²) >= 11 is 0. The van der Waals surface area contributed by atoms with Crippen molar-refractivity contribution in [3.63, 3.8) is 0 Å². The summed E-state index contributed by atoms with van der Waals surface area (Å²) in [5, 5.41) is 16.7. The van der Waals surface area contributed by atoms with Gasteiger partial charge in [-0.05, 0) is 117 Å². The first kappa shape index (κ1) is 24.4. The van der Waals surface area contributed by atoms with E-state index in [1.54, 1.807) is 0 Å². The number of aryl methyl sites for hydroxylation is 2. The number of hydrogen-bond donors (Lipinski definition) is 1. The normalized spacial score (nSPS) is 36.2. The lowest BCUT2D eigenvalue weighted by atomic mass is 9.58. The van der Waals surface area contributed by atoms with Crippen molar-refractivity contribution in [2.45, 2.75) is 65.7 Å². The number of aromatic nitrogens is 4. The van der Waals surface area contributed by atoms with Crippen molar-refractivity contribution in [1.29, 1.82) is 0 Å². The Morgan fingerprint density at radius 1 is 0.972 bits per heavy atom. The predicted octanol–water partition coefficient (Wildman–Crippen LogP) is 5.65. The number of likely N-dealkylation sites (tertiary alicyclic amines) is 1. The van der Waals surface area contributed by atoms with Gasteiger partial charge in [-0.2, -0.15) is 5.10 Å². The topological polar surface area (TPSA) is 58.9 Å². The summed E-state index contributed by atoms with van der Waals surface area (Å²) in [5.74, 6) is 8.54. The van der Waals surface area contributed by atoms with Crippen LogP contribution >= 0.6 is 0 Å². The van der Waals surface area contributed by atoms with Crippen LogP contribution in [0.2, 0.25) is 0 Å². The number of hydrogen-bond acceptors (Lipinski definition) is 5. The third-order valence-corrected chi connectivity index (χ3v) is 10.6. The van der Waals surface area contributed by atoms with Crippen molar-refractivity contribution in [3.8, 4) is 11.4 Å². The largest absolute Gasteiger partial charge is 0.369 e. The van der Waals surface area contributed by atoms with Gasteiger partial charge in [0.2, 0.25) is 0 Å². The Morgan fingerprint density at radius 2 is 1.78 bits per heavy atom. The molecule has 36 heavy (non-hydrogen) atoms. The lowest BCUT2D eigenvalue weighted by Crippen LogP contribution is -2.43. The molecule has 2 bridgehead atoms. The van der Waals surface area contributed by atoms with E-state index in [2.05, 4.69) is 58.4 Å². The maximum atomic E-state index is 4.45. The molecule has 4 aliphatic rings. The molecule has 6 unspecified atom stereocenters. The summed E-state index contributed by atoms with van der Waals surface area (Å²) < 4.78 is 1.87. The maximum absolute atomic E-state index is 4.45. The molecule has 1 saturated heterocycles. The van der Waals surface area contributed by atoms with Gasteiger partial charge in [0, 0.05) is 33.2 Å². The molecule has 0 amide bonds. The molecule has 6 rings (SSSR count). The predicted molar refractivity (Wildman–Crippen MR) is 145 cm³/mol. The van der Waals surface area contributed by atoms with Gasteiger partial charge in [0.1, 0.15) is 11.5 Å². The van der Waals surface area contributed by atoms with Gasteiger partial charge in [-0.1, -0.05) is 13.8 Å². The number of nitrogens with one attached hydrogen (secondary N) is 1. The molecule has 196 valence electrons. The summed E-state index contributed by atoms with van der Waals surface area (Å²) in [7, 11) is 1.95. The second-order valence-corrected chi connectivity index (χ2v) is 13.1. The number of fused-ring (bicyclic) bond motifs is 3. The van der Waals surface area contributed by atoms with Crippen molar-refractivity contribution in [3.05, 3.63) is 23.9 Å². The summed E-state index contributed by atoms with van der Waals surface area (Å²) in [6.07, 6.45) is 12.0. The van der Waals surface area contributed by atoms with Crippen molar-refractivity contribution < 1.29 is 0 Å². The highest BCUT2D eigenvalue weighted by Crippen LogP contribution is 2.50. The van der Waals surface area contributed by atoms with E-state index in [1.165, 1.54) is 64.6 Å². The fourth-order valence-corrected chi connectivity index (χ4v) is 8.84. The molecule has 0 spiro atoms. The van der Waals surface area contributed by atoms with Crippen molar-refractivity contribution in [2.75, 3.05) is 31.5 Å². The molecule has 2 aromatic heterocycles. The van der Waals surface area contributed by atoms with E-state index in [1.807, 2.05) is 17.9 Å². The minimum Gasteiger partial charge on any atom is -0.369 e. The summed E-state index contributed by atoms with van der Waals surface area (Å²) in [6, 6.07) is 4.10. The van der Waals surface area contributed by atoms with Crippen LogP contribution in [0.1, 0.15) is 64.4 Å². The van der Waals surface area contributed by atoms with Gasteiger partial charge in [-0.3, -0.25) is 4.68 Å². The van der Waals surface area contributed by atoms with Gasteiger partial charge in [-0.25, -0.2) is 0 Å². The van der Waals surface area contributed by atoms with Gasteiger partial charge >= 0.3 is 0 Å². The standard InChI is InChI=1S/C30H46N6/c1-19-11-23-5-6-24(27(12-19)21(23)3)16-36-17-25-13-22(14-26(25)18-36)9-10-31-29-8-7-28(33-34-29)30-20(2)15-32-35(30)4/h7-8,15,19,21-27H,5-6,9-14,16-18H2,1-4H3,(H,31,34)/t19?,21?,22?,23?,24?,25?,26?,27-/m1/s1. The van der Waals surface area contributed by atoms with Gasteiger partial charge in [0.25, 0.3) is 0 Å². The van der Waals surface area contributed by atoms with Crippen LogP contribution in [-0.4, -0.2) is 51.1 Å². The molecule has 2 aromatic rings. The average molecular weight is 491 g/mol. The zero-order chi connectivity index (χ0) is 24.8. The third-order valence-electron chi connectivity index (χ3n) is 10.6. The molecule has 6 heteroatoms. The van der Waals surface area contributed by atoms with E-state index >= 15 is 0 Å². The lowest BCUT2D eigenvalue weighted by molar-refractivity contribution is 0.0121. The number of nitrogens with zero attached hydrogens (tertiary/aromatic N) is 5.